The normalized spacial score (nSPS) is 15.0. The molecule has 0 radical (unpaired) electrons. The van der Waals surface area contributed by atoms with Gasteiger partial charge in [-0.3, -0.25) is 14.9 Å². The Hall–Kier alpha value is -3.15. The van der Waals surface area contributed by atoms with Crippen LogP contribution in [0.5, 0.6) is 0 Å². The van der Waals surface area contributed by atoms with Crippen LogP contribution in [0.1, 0.15) is 16.1 Å². The summed E-state index contributed by atoms with van der Waals surface area (Å²) in [5.74, 6) is -0.230. The lowest BCUT2D eigenvalue weighted by molar-refractivity contribution is -0.384. The molecule has 1 saturated heterocycles. The third-order valence-electron chi connectivity index (χ3n) is 5.23. The van der Waals surface area contributed by atoms with Crippen molar-refractivity contribution in [2.75, 3.05) is 26.2 Å². The zero-order valence-electron chi connectivity index (χ0n) is 17.2. The van der Waals surface area contributed by atoms with Gasteiger partial charge in [0.2, 0.25) is 10.0 Å². The molecule has 4 rings (SSSR count). The summed E-state index contributed by atoms with van der Waals surface area (Å²) in [6.45, 7) is 2.76. The van der Waals surface area contributed by atoms with E-state index in [2.05, 4.69) is 4.98 Å². The van der Waals surface area contributed by atoms with E-state index in [1.54, 1.807) is 10.3 Å². The number of nitrogens with zero attached hydrogens (tertiary/aromatic N) is 4. The second-order valence-corrected chi connectivity index (χ2v) is 10.1. The molecule has 0 saturated carbocycles. The van der Waals surface area contributed by atoms with Crippen molar-refractivity contribution in [2.45, 2.75) is 11.8 Å². The summed E-state index contributed by atoms with van der Waals surface area (Å²) < 4.78 is 27.0. The van der Waals surface area contributed by atoms with Gasteiger partial charge in [0, 0.05) is 49.3 Å². The minimum Gasteiger partial charge on any atom is -0.335 e. The molecule has 1 fully saturated rings. The largest absolute Gasteiger partial charge is 0.335 e. The second kappa shape index (κ2) is 8.77. The molecule has 0 spiro atoms. The summed E-state index contributed by atoms with van der Waals surface area (Å²) in [5, 5.41) is 13.3. The fourth-order valence-electron chi connectivity index (χ4n) is 3.38. The van der Waals surface area contributed by atoms with E-state index in [1.807, 2.05) is 31.2 Å². The quantitative estimate of drug-likeness (QED) is 0.416. The van der Waals surface area contributed by atoms with Gasteiger partial charge in [0.25, 0.3) is 11.6 Å². The highest BCUT2D eigenvalue weighted by Crippen LogP contribution is 2.25. The molecule has 1 aliphatic heterocycles. The number of non-ortho nitro benzene ring substituents is 1. The Labute approximate surface area is 189 Å². The summed E-state index contributed by atoms with van der Waals surface area (Å²) in [6, 6.07) is 12.7. The molecule has 1 aliphatic rings. The van der Waals surface area contributed by atoms with Crippen molar-refractivity contribution in [3.63, 3.8) is 0 Å². The minimum atomic E-state index is -3.79. The predicted octanol–water partition coefficient (Wildman–Crippen LogP) is 3.17. The highest BCUT2D eigenvalue weighted by atomic mass is 32.2. The number of aromatic nitrogens is 1. The fourth-order valence-corrected chi connectivity index (χ4v) is 5.61. The van der Waals surface area contributed by atoms with E-state index in [1.165, 1.54) is 39.9 Å². The molecule has 3 aromatic rings. The van der Waals surface area contributed by atoms with Crippen LogP contribution in [0.3, 0.4) is 0 Å². The molecule has 1 aromatic heterocycles. The van der Waals surface area contributed by atoms with Gasteiger partial charge in [-0.05, 0) is 19.1 Å². The standard InChI is InChI=1S/C21H20N4O5S2/c1-15-2-4-16(5-3-15)20-22-19(14-31-20)21(26)23-10-12-24(13-11-23)32(29,30)18-8-6-17(7-9-18)25(27)28/h2-9,14H,10-13H2,1H3. The summed E-state index contributed by atoms with van der Waals surface area (Å²) in [7, 11) is -3.79. The molecular formula is C21H20N4O5S2. The van der Waals surface area contributed by atoms with Gasteiger partial charge >= 0.3 is 0 Å². The van der Waals surface area contributed by atoms with Crippen LogP contribution in [-0.4, -0.2) is 59.6 Å². The number of rotatable bonds is 5. The average molecular weight is 473 g/mol. The maximum absolute atomic E-state index is 12.9. The lowest BCUT2D eigenvalue weighted by Gasteiger charge is -2.33. The highest BCUT2D eigenvalue weighted by molar-refractivity contribution is 7.89. The molecule has 2 aromatic carbocycles. The van der Waals surface area contributed by atoms with E-state index in [4.69, 9.17) is 0 Å². The van der Waals surface area contributed by atoms with E-state index in [0.29, 0.717) is 5.69 Å². The monoisotopic (exact) mass is 472 g/mol. The van der Waals surface area contributed by atoms with Crippen molar-refractivity contribution in [3.8, 4) is 10.6 Å². The van der Waals surface area contributed by atoms with Gasteiger partial charge in [0.1, 0.15) is 10.7 Å². The Balaban J connectivity index is 1.41. The van der Waals surface area contributed by atoms with Gasteiger partial charge in [0.15, 0.2) is 0 Å². The van der Waals surface area contributed by atoms with Crippen LogP contribution in [0.25, 0.3) is 10.6 Å². The summed E-state index contributed by atoms with van der Waals surface area (Å²) in [6.07, 6.45) is 0. The fraction of sp³-hybridized carbons (Fsp3) is 0.238. The molecule has 0 atom stereocenters. The van der Waals surface area contributed by atoms with Gasteiger partial charge in [-0.15, -0.1) is 11.3 Å². The van der Waals surface area contributed by atoms with Crippen LogP contribution in [0.2, 0.25) is 0 Å². The second-order valence-electron chi connectivity index (χ2n) is 7.35. The average Bonchev–Trinajstić information content (AvgIpc) is 3.29. The number of sulfonamides is 1. The maximum atomic E-state index is 12.9. The summed E-state index contributed by atoms with van der Waals surface area (Å²) >= 11 is 1.39. The van der Waals surface area contributed by atoms with Crippen LogP contribution in [0, 0.1) is 17.0 Å². The molecule has 1 amide bonds. The van der Waals surface area contributed by atoms with E-state index >= 15 is 0 Å². The third kappa shape index (κ3) is 4.40. The topological polar surface area (TPSA) is 114 Å². The first-order valence-corrected chi connectivity index (χ1v) is 12.1. The lowest BCUT2D eigenvalue weighted by atomic mass is 10.2. The Kier molecular flexibility index (Phi) is 6.04. The van der Waals surface area contributed by atoms with Crippen LogP contribution in [0.4, 0.5) is 5.69 Å². The highest BCUT2D eigenvalue weighted by Gasteiger charge is 2.31. The lowest BCUT2D eigenvalue weighted by Crippen LogP contribution is -2.50. The van der Waals surface area contributed by atoms with Gasteiger partial charge < -0.3 is 4.90 Å². The number of carbonyl (C=O) groups is 1. The van der Waals surface area contributed by atoms with Crippen molar-refractivity contribution in [1.82, 2.24) is 14.2 Å². The van der Waals surface area contributed by atoms with Crippen LogP contribution in [0.15, 0.2) is 58.8 Å². The van der Waals surface area contributed by atoms with Crippen molar-refractivity contribution < 1.29 is 18.1 Å². The van der Waals surface area contributed by atoms with Crippen molar-refractivity contribution in [2.24, 2.45) is 0 Å². The number of hydrogen-bond acceptors (Lipinski definition) is 7. The van der Waals surface area contributed by atoms with Gasteiger partial charge in [-0.1, -0.05) is 29.8 Å². The zero-order valence-corrected chi connectivity index (χ0v) is 18.8. The van der Waals surface area contributed by atoms with E-state index < -0.39 is 14.9 Å². The Morgan fingerprint density at radius 1 is 1.03 bits per heavy atom. The van der Waals surface area contributed by atoms with Crippen molar-refractivity contribution in [1.29, 1.82) is 0 Å². The maximum Gasteiger partial charge on any atom is 0.273 e. The number of amides is 1. The molecule has 32 heavy (non-hydrogen) atoms. The molecular weight excluding hydrogens is 452 g/mol. The molecule has 0 aliphatic carbocycles. The van der Waals surface area contributed by atoms with Gasteiger partial charge in [-0.2, -0.15) is 4.31 Å². The summed E-state index contributed by atoms with van der Waals surface area (Å²) in [5.41, 5.74) is 2.26. The number of hydrogen-bond donors (Lipinski definition) is 0. The first-order valence-electron chi connectivity index (χ1n) is 9.82. The predicted molar refractivity (Wildman–Crippen MR) is 120 cm³/mol. The SMILES string of the molecule is Cc1ccc(-c2nc(C(=O)N3CCN(S(=O)(=O)c4ccc([N+](=O)[O-])cc4)CC3)cs2)cc1. The summed E-state index contributed by atoms with van der Waals surface area (Å²) in [4.78, 5) is 29.1. The third-order valence-corrected chi connectivity index (χ3v) is 8.04. The Morgan fingerprint density at radius 3 is 2.25 bits per heavy atom. The Bertz CT molecular complexity index is 1250. The Morgan fingerprint density at radius 2 is 1.66 bits per heavy atom. The number of nitro groups is 1. The van der Waals surface area contributed by atoms with Gasteiger partial charge in [-0.25, -0.2) is 13.4 Å². The number of piperazine rings is 1. The van der Waals surface area contributed by atoms with E-state index in [-0.39, 0.29) is 42.7 Å². The molecule has 0 unspecified atom stereocenters. The van der Waals surface area contributed by atoms with Gasteiger partial charge in [0.05, 0.1) is 9.82 Å². The molecule has 9 nitrogen and oxygen atoms in total. The number of carbonyl (C=O) groups excluding carboxylic acids is 1. The minimum absolute atomic E-state index is 0.00915. The van der Waals surface area contributed by atoms with E-state index in [9.17, 15) is 23.3 Å². The van der Waals surface area contributed by atoms with Crippen molar-refractivity contribution in [3.05, 3.63) is 75.3 Å². The first kappa shape index (κ1) is 22.1. The zero-order chi connectivity index (χ0) is 22.9. The smallest absolute Gasteiger partial charge is 0.273 e. The number of aryl methyl sites for hydroxylation is 1. The van der Waals surface area contributed by atoms with Crippen LogP contribution < -0.4 is 0 Å². The first-order chi connectivity index (χ1) is 15.3. The molecule has 2 heterocycles. The number of benzene rings is 2. The molecule has 166 valence electrons. The molecule has 11 heteroatoms. The number of thiazole rings is 1. The molecule has 0 N–H and O–H groups in total. The number of nitro benzene ring substituents is 1. The van der Waals surface area contributed by atoms with Crippen molar-refractivity contribution >= 4 is 33.0 Å². The van der Waals surface area contributed by atoms with E-state index in [0.717, 1.165) is 16.1 Å². The molecule has 0 bridgehead atoms. The van der Waals surface area contributed by atoms with Crippen LogP contribution in [-0.2, 0) is 10.0 Å². The van der Waals surface area contributed by atoms with Crippen LogP contribution >= 0.6 is 11.3 Å².